The van der Waals surface area contributed by atoms with Gasteiger partial charge in [-0.05, 0) is 75.6 Å². The molecule has 0 spiro atoms. The van der Waals surface area contributed by atoms with Gasteiger partial charge < -0.3 is 37.9 Å². The summed E-state index contributed by atoms with van der Waals surface area (Å²) in [5.74, 6) is 9.48. The van der Waals surface area contributed by atoms with Crippen LogP contribution in [0.2, 0.25) is 0 Å². The van der Waals surface area contributed by atoms with Gasteiger partial charge in [0.2, 0.25) is 0 Å². The molecular formula is C38H28O8. The SMILES string of the molecule is C(#Cc1cc2c3c(c1)C14OCCOC1(OCCO4)c1cc(C#C[C]4[CH][CH][CH][CH]4)cc(c1-3)C13OCCOC21OCCO3)[C]1[CH][CH][CH][CH]1. The lowest BCUT2D eigenvalue weighted by molar-refractivity contribution is -0.488. The van der Waals surface area contributed by atoms with Crippen molar-refractivity contribution in [3.8, 4) is 34.8 Å². The van der Waals surface area contributed by atoms with Crippen LogP contribution in [0.1, 0.15) is 33.4 Å². The maximum atomic E-state index is 6.70. The highest BCUT2D eigenvalue weighted by Crippen LogP contribution is 2.68. The van der Waals surface area contributed by atoms with E-state index in [0.717, 1.165) is 56.3 Å². The van der Waals surface area contributed by atoms with Crippen LogP contribution < -0.4 is 0 Å². The van der Waals surface area contributed by atoms with Crippen molar-refractivity contribution in [2.75, 3.05) is 52.9 Å². The third kappa shape index (κ3) is 3.65. The van der Waals surface area contributed by atoms with Gasteiger partial charge in [0.15, 0.2) is 0 Å². The van der Waals surface area contributed by atoms with Gasteiger partial charge >= 0.3 is 0 Å². The van der Waals surface area contributed by atoms with E-state index in [-0.39, 0.29) is 0 Å². The monoisotopic (exact) mass is 612 g/mol. The largest absolute Gasteiger partial charge is 0.339 e. The molecule has 0 bridgehead atoms. The molecule has 8 aliphatic rings. The minimum absolute atomic E-state index is 0.316. The Bertz CT molecular complexity index is 1490. The van der Waals surface area contributed by atoms with Crippen molar-refractivity contribution in [3.05, 3.63) is 121 Å². The van der Waals surface area contributed by atoms with E-state index in [2.05, 4.69) is 23.7 Å². The van der Waals surface area contributed by atoms with Crippen LogP contribution in [0.15, 0.2) is 24.3 Å². The van der Waals surface area contributed by atoms with Crippen LogP contribution in [0.4, 0.5) is 0 Å². The topological polar surface area (TPSA) is 73.8 Å². The molecule has 228 valence electrons. The van der Waals surface area contributed by atoms with Crippen LogP contribution in [0.5, 0.6) is 0 Å². The van der Waals surface area contributed by atoms with Crippen LogP contribution in [0.3, 0.4) is 0 Å². The molecule has 2 aromatic carbocycles. The van der Waals surface area contributed by atoms with E-state index in [9.17, 15) is 0 Å². The van der Waals surface area contributed by atoms with E-state index in [4.69, 9.17) is 37.9 Å². The van der Waals surface area contributed by atoms with E-state index in [0.29, 0.717) is 52.9 Å². The third-order valence-electron chi connectivity index (χ3n) is 9.62. The smallest absolute Gasteiger partial charge is 0.256 e. The Labute approximate surface area is 269 Å². The fourth-order valence-corrected chi connectivity index (χ4v) is 7.95. The molecule has 0 N–H and O–H groups in total. The fourth-order valence-electron chi connectivity index (χ4n) is 7.95. The van der Waals surface area contributed by atoms with Gasteiger partial charge in [0, 0.05) is 44.5 Å². The summed E-state index contributed by atoms with van der Waals surface area (Å²) in [6.07, 6.45) is 15.8. The van der Waals surface area contributed by atoms with E-state index in [1.165, 1.54) is 0 Å². The second kappa shape index (κ2) is 10.4. The van der Waals surface area contributed by atoms with Crippen molar-refractivity contribution < 1.29 is 37.9 Å². The van der Waals surface area contributed by atoms with Crippen molar-refractivity contribution in [1.82, 2.24) is 0 Å². The van der Waals surface area contributed by atoms with E-state index in [1.807, 2.05) is 75.6 Å². The molecule has 4 aliphatic heterocycles. The molecule has 2 saturated carbocycles. The molecule has 0 amide bonds. The first-order valence-corrected chi connectivity index (χ1v) is 15.7. The van der Waals surface area contributed by atoms with Crippen LogP contribution in [-0.4, -0.2) is 52.9 Å². The third-order valence-corrected chi connectivity index (χ3v) is 9.62. The number of benzene rings is 2. The molecule has 8 heteroatoms. The Morgan fingerprint density at radius 2 is 0.630 bits per heavy atom. The highest BCUT2D eigenvalue weighted by atomic mass is 16.8. The minimum Gasteiger partial charge on any atom is -0.339 e. The molecular weight excluding hydrogens is 584 g/mol. The predicted octanol–water partition coefficient (Wildman–Crippen LogP) is 3.69. The number of hydrogen-bond acceptors (Lipinski definition) is 8. The van der Waals surface area contributed by atoms with E-state index in [1.54, 1.807) is 0 Å². The maximum absolute atomic E-state index is 6.70. The molecule has 8 nitrogen and oxygen atoms in total. The Morgan fingerprint density at radius 1 is 0.370 bits per heavy atom. The quantitative estimate of drug-likeness (QED) is 0.418. The van der Waals surface area contributed by atoms with Crippen LogP contribution in [0, 0.1) is 86.9 Å². The van der Waals surface area contributed by atoms with Gasteiger partial charge in [-0.25, -0.2) is 0 Å². The molecule has 10 rings (SSSR count). The summed E-state index contributed by atoms with van der Waals surface area (Å²) >= 11 is 0. The predicted molar refractivity (Wildman–Crippen MR) is 161 cm³/mol. The lowest BCUT2D eigenvalue weighted by Gasteiger charge is -2.61. The van der Waals surface area contributed by atoms with Crippen molar-refractivity contribution in [1.29, 1.82) is 0 Å². The van der Waals surface area contributed by atoms with Crippen molar-refractivity contribution in [2.24, 2.45) is 0 Å². The Hall–Kier alpha value is -2.76. The summed E-state index contributed by atoms with van der Waals surface area (Å²) in [5.41, 5.74) is 6.16. The standard InChI is InChI=1S/C38H28O8/c1-2-6-25(5-1)9-11-27-21-29-33-30(22-27)36-38(45-19-15-41-36,46-20-16-42-36)32-24-28(12-10-26-7-3-4-8-26)23-31(34(32)33)37-35(29,39-13-17-43-37)40-14-18-44-37/h1-8,21-24H,13-20H2. The summed E-state index contributed by atoms with van der Waals surface area (Å²) in [6.45, 7) is 2.53. The Kier molecular flexibility index (Phi) is 6.37. The Morgan fingerprint density at radius 3 is 0.891 bits per heavy atom. The first kappa shape index (κ1) is 28.3. The van der Waals surface area contributed by atoms with Crippen LogP contribution in [-0.2, 0) is 61.0 Å². The van der Waals surface area contributed by atoms with Gasteiger partial charge in [-0.1, -0.05) is 23.7 Å². The molecule has 46 heavy (non-hydrogen) atoms. The molecule has 10 radical (unpaired) electrons. The molecule has 4 aliphatic carbocycles. The highest BCUT2D eigenvalue weighted by Gasteiger charge is 2.73. The first-order chi connectivity index (χ1) is 22.7. The van der Waals surface area contributed by atoms with Gasteiger partial charge in [0.05, 0.1) is 64.7 Å². The van der Waals surface area contributed by atoms with E-state index < -0.39 is 23.1 Å². The van der Waals surface area contributed by atoms with Crippen molar-refractivity contribution in [3.63, 3.8) is 0 Å². The number of ether oxygens (including phenoxy) is 8. The average molecular weight is 613 g/mol. The average Bonchev–Trinajstić information content (AvgIpc) is 3.84. The van der Waals surface area contributed by atoms with Gasteiger partial charge in [0.1, 0.15) is 0 Å². The lowest BCUT2D eigenvalue weighted by Crippen LogP contribution is -2.68. The van der Waals surface area contributed by atoms with E-state index >= 15 is 0 Å². The van der Waals surface area contributed by atoms with Crippen molar-refractivity contribution in [2.45, 2.75) is 23.1 Å². The summed E-state index contributed by atoms with van der Waals surface area (Å²) in [7, 11) is 0. The summed E-state index contributed by atoms with van der Waals surface area (Å²) in [5, 5.41) is 0. The van der Waals surface area contributed by atoms with Gasteiger partial charge in [-0.15, -0.1) is 0 Å². The van der Waals surface area contributed by atoms with Crippen LogP contribution >= 0.6 is 0 Å². The summed E-state index contributed by atoms with van der Waals surface area (Å²) in [4.78, 5) is 0. The molecule has 0 atom stereocenters. The van der Waals surface area contributed by atoms with Crippen LogP contribution in [0.25, 0.3) is 11.1 Å². The fraction of sp³-hybridized carbons (Fsp3) is 0.316. The molecule has 0 aromatic heterocycles. The number of rotatable bonds is 0. The van der Waals surface area contributed by atoms with Gasteiger partial charge in [0.25, 0.3) is 23.1 Å². The molecule has 2 aromatic rings. The Balaban J connectivity index is 1.30. The lowest BCUT2D eigenvalue weighted by atomic mass is 9.65. The molecule has 6 fully saturated rings. The molecule has 4 saturated heterocycles. The normalized spacial score (nSPS) is 35.7. The maximum Gasteiger partial charge on any atom is 0.256 e. The second-order valence-corrected chi connectivity index (χ2v) is 12.0. The van der Waals surface area contributed by atoms with Gasteiger partial charge in [-0.2, -0.15) is 0 Å². The second-order valence-electron chi connectivity index (χ2n) is 12.0. The summed E-state index contributed by atoms with van der Waals surface area (Å²) in [6, 6.07) is 8.11. The van der Waals surface area contributed by atoms with Crippen molar-refractivity contribution >= 4 is 0 Å². The first-order valence-electron chi connectivity index (χ1n) is 15.7. The molecule has 0 unspecified atom stereocenters. The minimum atomic E-state index is -1.42. The zero-order valence-corrected chi connectivity index (χ0v) is 24.9. The highest BCUT2D eigenvalue weighted by molar-refractivity contribution is 5.87. The molecule has 4 heterocycles. The zero-order valence-electron chi connectivity index (χ0n) is 24.9. The zero-order chi connectivity index (χ0) is 30.4. The van der Waals surface area contributed by atoms with Gasteiger partial charge in [-0.3, -0.25) is 0 Å². The summed E-state index contributed by atoms with van der Waals surface area (Å²) < 4.78 is 53.6. The number of hydrogen-bond donors (Lipinski definition) is 0.